The Kier molecular flexibility index (Phi) is 1.63. The Hall–Kier alpha value is -0.260. The molecule has 0 heteroatoms. The van der Waals surface area contributed by atoms with E-state index < -0.39 is 0 Å². The molecule has 0 nitrogen and oxygen atoms in total. The zero-order valence-corrected chi connectivity index (χ0v) is 8.63. The molecule has 0 aromatic heterocycles. The summed E-state index contributed by atoms with van der Waals surface area (Å²) in [4.78, 5) is 0. The van der Waals surface area contributed by atoms with Crippen LogP contribution in [0.4, 0.5) is 0 Å². The summed E-state index contributed by atoms with van der Waals surface area (Å²) in [6.07, 6.45) is 14.1. The average molecular weight is 176 g/mol. The van der Waals surface area contributed by atoms with Crippen LogP contribution < -0.4 is 0 Å². The van der Waals surface area contributed by atoms with Crippen LogP contribution in [0.3, 0.4) is 0 Å². The van der Waals surface area contributed by atoms with E-state index in [1.807, 2.05) is 0 Å². The van der Waals surface area contributed by atoms with Crippen molar-refractivity contribution in [1.82, 2.24) is 0 Å². The lowest BCUT2D eigenvalue weighted by molar-refractivity contribution is 0.155. The molecule has 3 aliphatic rings. The van der Waals surface area contributed by atoms with Gasteiger partial charge in [-0.15, -0.1) is 0 Å². The van der Waals surface area contributed by atoms with Crippen LogP contribution in [0, 0.1) is 23.2 Å². The second-order valence-electron chi connectivity index (χ2n) is 5.37. The fourth-order valence-corrected chi connectivity index (χ4v) is 4.37. The van der Waals surface area contributed by atoms with E-state index >= 15 is 0 Å². The molecule has 3 aliphatic carbocycles. The first-order valence-corrected chi connectivity index (χ1v) is 6.05. The van der Waals surface area contributed by atoms with Crippen molar-refractivity contribution in [2.75, 3.05) is 0 Å². The number of fused-ring (bicyclic) bond motifs is 5. The predicted molar refractivity (Wildman–Crippen MR) is 55.4 cm³/mol. The molecule has 0 radical (unpaired) electrons. The van der Waals surface area contributed by atoms with Crippen molar-refractivity contribution in [3.05, 3.63) is 12.2 Å². The fraction of sp³-hybridized carbons (Fsp3) is 0.846. The lowest BCUT2D eigenvalue weighted by Crippen LogP contribution is -2.30. The van der Waals surface area contributed by atoms with Crippen molar-refractivity contribution < 1.29 is 0 Å². The van der Waals surface area contributed by atoms with Crippen LogP contribution in [0.2, 0.25) is 0 Å². The van der Waals surface area contributed by atoms with Crippen molar-refractivity contribution in [2.45, 2.75) is 45.4 Å². The van der Waals surface area contributed by atoms with Crippen LogP contribution in [0.25, 0.3) is 0 Å². The van der Waals surface area contributed by atoms with Crippen LogP contribution in [-0.4, -0.2) is 0 Å². The summed E-state index contributed by atoms with van der Waals surface area (Å²) in [6, 6.07) is 0. The van der Waals surface area contributed by atoms with E-state index in [1.54, 1.807) is 0 Å². The minimum absolute atomic E-state index is 0.662. The lowest BCUT2D eigenvalue weighted by atomic mass is 9.66. The Morgan fingerprint density at radius 1 is 1.31 bits per heavy atom. The van der Waals surface area contributed by atoms with Gasteiger partial charge < -0.3 is 0 Å². The molecular weight excluding hydrogens is 156 g/mol. The quantitative estimate of drug-likeness (QED) is 0.533. The Balaban J connectivity index is 1.95. The molecule has 2 saturated carbocycles. The summed E-state index contributed by atoms with van der Waals surface area (Å²) < 4.78 is 0. The molecule has 3 rings (SSSR count). The highest BCUT2D eigenvalue weighted by Crippen LogP contribution is 2.62. The minimum atomic E-state index is 0.662. The largest absolute Gasteiger partial charge is 0.0845 e. The minimum Gasteiger partial charge on any atom is -0.0845 e. The van der Waals surface area contributed by atoms with Crippen LogP contribution in [0.15, 0.2) is 12.2 Å². The van der Waals surface area contributed by atoms with Gasteiger partial charge in [0, 0.05) is 0 Å². The van der Waals surface area contributed by atoms with Gasteiger partial charge in [0.25, 0.3) is 0 Å². The molecule has 4 atom stereocenters. The first-order valence-electron chi connectivity index (χ1n) is 6.05. The van der Waals surface area contributed by atoms with E-state index in [4.69, 9.17) is 0 Å². The van der Waals surface area contributed by atoms with Gasteiger partial charge in [0.15, 0.2) is 0 Å². The van der Waals surface area contributed by atoms with Crippen LogP contribution >= 0.6 is 0 Å². The van der Waals surface area contributed by atoms with Gasteiger partial charge in [-0.1, -0.05) is 31.9 Å². The Morgan fingerprint density at radius 3 is 3.00 bits per heavy atom. The van der Waals surface area contributed by atoms with Crippen molar-refractivity contribution in [2.24, 2.45) is 23.2 Å². The maximum atomic E-state index is 2.57. The van der Waals surface area contributed by atoms with Crippen molar-refractivity contribution in [1.29, 1.82) is 0 Å². The number of hydrogen-bond acceptors (Lipinski definition) is 0. The molecule has 0 amide bonds. The van der Waals surface area contributed by atoms with E-state index in [9.17, 15) is 0 Å². The van der Waals surface area contributed by atoms with Gasteiger partial charge in [0.1, 0.15) is 0 Å². The molecule has 2 fully saturated rings. The molecular formula is C13H20. The standard InChI is InChI=1S/C13H20/c1-2-13-8-7-10(9-13)11-5-3-4-6-12(11)13/h7-8,10-12H,2-6,9H2,1H3. The van der Waals surface area contributed by atoms with Gasteiger partial charge in [0.2, 0.25) is 0 Å². The molecule has 0 heterocycles. The van der Waals surface area contributed by atoms with Crippen molar-refractivity contribution >= 4 is 0 Å². The third-order valence-electron chi connectivity index (χ3n) is 5.06. The smallest absolute Gasteiger partial charge is 0.00840 e. The summed E-state index contributed by atoms with van der Waals surface area (Å²) in [6.45, 7) is 2.39. The molecule has 13 heavy (non-hydrogen) atoms. The van der Waals surface area contributed by atoms with E-state index in [0.29, 0.717) is 5.41 Å². The van der Waals surface area contributed by atoms with Gasteiger partial charge in [-0.2, -0.15) is 0 Å². The number of allylic oxidation sites excluding steroid dienone is 2. The molecule has 72 valence electrons. The zero-order chi connectivity index (χ0) is 8.89. The Bertz CT molecular complexity index is 240. The third kappa shape index (κ3) is 0.923. The first-order chi connectivity index (χ1) is 6.36. The van der Waals surface area contributed by atoms with E-state index in [1.165, 1.54) is 38.5 Å². The highest BCUT2D eigenvalue weighted by atomic mass is 14.6. The van der Waals surface area contributed by atoms with Crippen LogP contribution in [0.5, 0.6) is 0 Å². The van der Waals surface area contributed by atoms with Gasteiger partial charge in [0.05, 0.1) is 0 Å². The second-order valence-corrected chi connectivity index (χ2v) is 5.37. The molecule has 2 bridgehead atoms. The topological polar surface area (TPSA) is 0 Å². The van der Waals surface area contributed by atoms with E-state index in [-0.39, 0.29) is 0 Å². The summed E-state index contributed by atoms with van der Waals surface area (Å²) in [5.74, 6) is 3.13. The van der Waals surface area contributed by atoms with Crippen molar-refractivity contribution in [3.63, 3.8) is 0 Å². The van der Waals surface area contributed by atoms with Crippen LogP contribution in [0.1, 0.15) is 45.4 Å². The predicted octanol–water partition coefficient (Wildman–Crippen LogP) is 3.78. The number of rotatable bonds is 1. The molecule has 0 aromatic carbocycles. The maximum Gasteiger partial charge on any atom is -0.00840 e. The third-order valence-corrected chi connectivity index (χ3v) is 5.06. The molecule has 0 aliphatic heterocycles. The normalized spacial score (nSPS) is 52.5. The average Bonchev–Trinajstić information content (AvgIpc) is 2.75. The van der Waals surface area contributed by atoms with Crippen LogP contribution in [-0.2, 0) is 0 Å². The number of hydrogen-bond donors (Lipinski definition) is 0. The lowest BCUT2D eigenvalue weighted by Gasteiger charge is -2.39. The molecule has 4 unspecified atom stereocenters. The summed E-state index contributed by atoms with van der Waals surface area (Å²) in [5, 5.41) is 0. The second kappa shape index (κ2) is 2.62. The van der Waals surface area contributed by atoms with E-state index in [0.717, 1.165) is 17.8 Å². The van der Waals surface area contributed by atoms with Gasteiger partial charge in [-0.3, -0.25) is 0 Å². The van der Waals surface area contributed by atoms with Gasteiger partial charge in [-0.05, 0) is 48.9 Å². The molecule has 0 spiro atoms. The summed E-state index contributed by atoms with van der Waals surface area (Å²) in [5.41, 5.74) is 0.662. The van der Waals surface area contributed by atoms with Gasteiger partial charge in [-0.25, -0.2) is 0 Å². The molecule has 0 saturated heterocycles. The van der Waals surface area contributed by atoms with Crippen molar-refractivity contribution in [3.8, 4) is 0 Å². The monoisotopic (exact) mass is 176 g/mol. The highest BCUT2D eigenvalue weighted by molar-refractivity contribution is 5.21. The fourth-order valence-electron chi connectivity index (χ4n) is 4.37. The zero-order valence-electron chi connectivity index (χ0n) is 8.63. The first kappa shape index (κ1) is 8.08. The molecule has 0 N–H and O–H groups in total. The van der Waals surface area contributed by atoms with Gasteiger partial charge >= 0.3 is 0 Å². The summed E-state index contributed by atoms with van der Waals surface area (Å²) >= 11 is 0. The molecule has 0 aromatic rings. The summed E-state index contributed by atoms with van der Waals surface area (Å²) in [7, 11) is 0. The maximum absolute atomic E-state index is 2.57. The SMILES string of the molecule is CCC12C=CC(C1)C1CCCCC12. The Morgan fingerprint density at radius 2 is 2.15 bits per heavy atom. The highest BCUT2D eigenvalue weighted by Gasteiger charge is 2.53. The Labute approximate surface area is 81.4 Å². The van der Waals surface area contributed by atoms with E-state index in [2.05, 4.69) is 19.1 Å².